The first-order chi connectivity index (χ1) is 4.69. The topological polar surface area (TPSA) is 23.5 Å². The van der Waals surface area contributed by atoms with Gasteiger partial charge < -0.3 is 5.11 Å². The van der Waals surface area contributed by atoms with Gasteiger partial charge in [0.15, 0.2) is 0 Å². The molecule has 0 aromatic carbocycles. The Bertz CT molecular complexity index is 114. The van der Waals surface area contributed by atoms with Gasteiger partial charge in [-0.3, -0.25) is 0 Å². The predicted molar refractivity (Wildman–Crippen MR) is 41.7 cm³/mol. The number of unbranched alkanes of at least 4 members (excludes halogenated alkanes) is 1. The molecule has 0 unspecified atom stereocenters. The monoisotopic (exact) mass is 163 g/mol. The van der Waals surface area contributed by atoms with E-state index in [1.165, 1.54) is 4.42 Å². The van der Waals surface area contributed by atoms with Crippen LogP contribution in [0.3, 0.4) is 0 Å². The quantitative estimate of drug-likeness (QED) is 0.504. The van der Waals surface area contributed by atoms with Crippen molar-refractivity contribution in [2.75, 3.05) is 6.54 Å². The first-order valence-electron chi connectivity index (χ1n) is 3.85. The summed E-state index contributed by atoms with van der Waals surface area (Å²) in [6.07, 6.45) is 3.85. The Kier molecular flexibility index (Phi) is 2.55. The van der Waals surface area contributed by atoms with Crippen molar-refractivity contribution >= 4 is 11.8 Å². The van der Waals surface area contributed by atoms with E-state index in [2.05, 4.69) is 6.92 Å². The highest BCUT2D eigenvalue weighted by molar-refractivity contribution is 6.13. The number of hydrogen-bond acceptors (Lipinski definition) is 2. The molecule has 0 saturated heterocycles. The van der Waals surface area contributed by atoms with E-state index in [1.807, 2.05) is 0 Å². The molecule has 2 nitrogen and oxygen atoms in total. The zero-order valence-corrected chi connectivity index (χ0v) is 7.06. The van der Waals surface area contributed by atoms with E-state index in [4.69, 9.17) is 11.8 Å². The Labute approximate surface area is 66.9 Å². The fourth-order valence-electron chi connectivity index (χ4n) is 0.859. The van der Waals surface area contributed by atoms with E-state index in [-0.39, 0.29) is 0 Å². The highest BCUT2D eigenvalue weighted by Crippen LogP contribution is 2.39. The number of hydrogen-bond donors (Lipinski definition) is 1. The molecule has 0 atom stereocenters. The zero-order valence-electron chi connectivity index (χ0n) is 6.31. The van der Waals surface area contributed by atoms with Crippen molar-refractivity contribution in [1.82, 2.24) is 4.42 Å². The molecule has 3 heteroatoms. The second-order valence-electron chi connectivity index (χ2n) is 2.92. The summed E-state index contributed by atoms with van der Waals surface area (Å²) in [5.41, 5.74) is -0.642. The molecule has 1 N–H and O–H groups in total. The summed E-state index contributed by atoms with van der Waals surface area (Å²) in [7, 11) is 0. The van der Waals surface area contributed by atoms with Gasteiger partial charge in [-0.1, -0.05) is 13.3 Å². The van der Waals surface area contributed by atoms with Crippen LogP contribution in [0.25, 0.3) is 0 Å². The number of nitrogens with zero attached hydrogens (tertiary/aromatic N) is 1. The van der Waals surface area contributed by atoms with Crippen molar-refractivity contribution in [1.29, 1.82) is 0 Å². The molecule has 0 aromatic rings. The summed E-state index contributed by atoms with van der Waals surface area (Å²) in [5.74, 6) is 0. The Morgan fingerprint density at radius 3 is 2.60 bits per heavy atom. The van der Waals surface area contributed by atoms with Gasteiger partial charge in [0.1, 0.15) is 5.72 Å². The summed E-state index contributed by atoms with van der Waals surface area (Å²) in [6.45, 7) is 2.91. The minimum Gasteiger partial charge on any atom is -0.374 e. The Hall–Kier alpha value is 0.210. The molecule has 0 bridgehead atoms. The Morgan fingerprint density at radius 2 is 2.20 bits per heavy atom. The molecule has 1 aliphatic rings. The predicted octanol–water partition coefficient (Wildman–Crippen LogP) is 1.72. The number of halogens is 1. The summed E-state index contributed by atoms with van der Waals surface area (Å²) < 4.78 is 1.54. The molecule has 0 spiro atoms. The summed E-state index contributed by atoms with van der Waals surface area (Å²) in [4.78, 5) is 0. The Balaban J connectivity index is 2.15. The molecule has 1 aliphatic carbocycles. The van der Waals surface area contributed by atoms with Crippen molar-refractivity contribution < 1.29 is 5.11 Å². The molecule has 0 aliphatic heterocycles. The van der Waals surface area contributed by atoms with Crippen LogP contribution in [0.2, 0.25) is 0 Å². The van der Waals surface area contributed by atoms with Gasteiger partial charge in [-0.2, -0.15) is 4.42 Å². The van der Waals surface area contributed by atoms with E-state index < -0.39 is 5.72 Å². The lowest BCUT2D eigenvalue weighted by Crippen LogP contribution is -2.29. The van der Waals surface area contributed by atoms with Crippen molar-refractivity contribution in [2.45, 2.75) is 38.3 Å². The molecule has 0 amide bonds. The van der Waals surface area contributed by atoms with Crippen molar-refractivity contribution in [3.8, 4) is 0 Å². The van der Waals surface area contributed by atoms with Crippen molar-refractivity contribution in [2.24, 2.45) is 0 Å². The molecule has 1 rings (SSSR count). The normalized spacial score (nSPS) is 21.6. The second kappa shape index (κ2) is 3.07. The molecule has 1 saturated carbocycles. The lowest BCUT2D eigenvalue weighted by atomic mass is 10.3. The van der Waals surface area contributed by atoms with Gasteiger partial charge in [0.25, 0.3) is 0 Å². The molecule has 60 valence electrons. The fraction of sp³-hybridized carbons (Fsp3) is 1.00. The molecule has 10 heavy (non-hydrogen) atoms. The summed E-state index contributed by atoms with van der Waals surface area (Å²) in [5, 5.41) is 9.42. The van der Waals surface area contributed by atoms with Gasteiger partial charge in [-0.05, 0) is 31.0 Å². The van der Waals surface area contributed by atoms with Crippen LogP contribution >= 0.6 is 11.8 Å². The van der Waals surface area contributed by atoms with Crippen LogP contribution < -0.4 is 0 Å². The summed E-state index contributed by atoms with van der Waals surface area (Å²) in [6, 6.07) is 0. The zero-order chi connectivity index (χ0) is 7.61. The van der Waals surface area contributed by atoms with Crippen LogP contribution in [0.1, 0.15) is 32.6 Å². The maximum atomic E-state index is 9.42. The van der Waals surface area contributed by atoms with Gasteiger partial charge >= 0.3 is 0 Å². The smallest absolute Gasteiger partial charge is 0.132 e. The van der Waals surface area contributed by atoms with Crippen LogP contribution in [0.15, 0.2) is 0 Å². The average Bonchev–Trinajstić information content (AvgIpc) is 2.64. The number of rotatable bonds is 4. The van der Waals surface area contributed by atoms with Crippen LogP contribution in [0.4, 0.5) is 0 Å². The molecule has 0 radical (unpaired) electrons. The first-order valence-corrected chi connectivity index (χ1v) is 4.18. The van der Waals surface area contributed by atoms with Gasteiger partial charge in [0, 0.05) is 6.54 Å². The molecule has 1 fully saturated rings. The van der Waals surface area contributed by atoms with Crippen LogP contribution in [-0.2, 0) is 0 Å². The van der Waals surface area contributed by atoms with Gasteiger partial charge in [0.2, 0.25) is 0 Å². The SMILES string of the molecule is CCCCN(Cl)C1(O)CC1. The number of aliphatic hydroxyl groups is 1. The van der Waals surface area contributed by atoms with E-state index in [9.17, 15) is 5.11 Å². The Morgan fingerprint density at radius 1 is 1.60 bits per heavy atom. The van der Waals surface area contributed by atoms with E-state index >= 15 is 0 Å². The molecular weight excluding hydrogens is 150 g/mol. The van der Waals surface area contributed by atoms with Crippen LogP contribution in [0, 0.1) is 0 Å². The van der Waals surface area contributed by atoms with Crippen LogP contribution in [0.5, 0.6) is 0 Å². The van der Waals surface area contributed by atoms with E-state index in [0.717, 1.165) is 32.2 Å². The maximum Gasteiger partial charge on any atom is 0.132 e. The van der Waals surface area contributed by atoms with E-state index in [1.54, 1.807) is 0 Å². The third kappa shape index (κ3) is 1.84. The molecule has 0 aromatic heterocycles. The average molecular weight is 164 g/mol. The third-order valence-electron chi connectivity index (χ3n) is 1.86. The van der Waals surface area contributed by atoms with Crippen molar-refractivity contribution in [3.63, 3.8) is 0 Å². The van der Waals surface area contributed by atoms with Crippen LogP contribution in [-0.4, -0.2) is 21.8 Å². The lowest BCUT2D eigenvalue weighted by Gasteiger charge is -2.18. The minimum absolute atomic E-state index is 0.642. The summed E-state index contributed by atoms with van der Waals surface area (Å²) >= 11 is 5.78. The fourth-order valence-corrected chi connectivity index (χ4v) is 1.15. The maximum absolute atomic E-state index is 9.42. The van der Waals surface area contributed by atoms with Crippen molar-refractivity contribution in [3.05, 3.63) is 0 Å². The van der Waals surface area contributed by atoms with Gasteiger partial charge in [-0.25, -0.2) is 0 Å². The largest absolute Gasteiger partial charge is 0.374 e. The van der Waals surface area contributed by atoms with E-state index in [0.29, 0.717) is 0 Å². The minimum atomic E-state index is -0.642. The first kappa shape index (κ1) is 8.31. The molecule has 0 heterocycles. The third-order valence-corrected chi connectivity index (χ3v) is 2.34. The highest BCUT2D eigenvalue weighted by atomic mass is 35.5. The van der Waals surface area contributed by atoms with Gasteiger partial charge in [0.05, 0.1) is 0 Å². The second-order valence-corrected chi connectivity index (χ2v) is 3.33. The standard InChI is InChI=1S/C7H14ClNO/c1-2-3-6-9(8)7(10)4-5-7/h10H,2-6H2,1H3. The van der Waals surface area contributed by atoms with Gasteiger partial charge in [-0.15, -0.1) is 0 Å². The lowest BCUT2D eigenvalue weighted by molar-refractivity contribution is 0.0373. The highest BCUT2D eigenvalue weighted by Gasteiger charge is 2.45. The molecular formula is C7H14ClNO.